The van der Waals surface area contributed by atoms with Crippen molar-refractivity contribution in [2.24, 2.45) is 5.92 Å². The Morgan fingerprint density at radius 1 is 1.32 bits per heavy atom. The number of ether oxygens (including phenoxy) is 1. The van der Waals surface area contributed by atoms with E-state index in [1.807, 2.05) is 11.9 Å². The topological polar surface area (TPSA) is 41.6 Å². The SMILES string of the molecule is CN(CC1CCCCO1)C(=O)CCC1CCCNC1. The second kappa shape index (κ2) is 7.85. The van der Waals surface area contributed by atoms with E-state index in [4.69, 9.17) is 4.74 Å². The number of carbonyl (C=O) groups is 1. The summed E-state index contributed by atoms with van der Waals surface area (Å²) < 4.78 is 5.69. The lowest BCUT2D eigenvalue weighted by molar-refractivity contribution is -0.132. The summed E-state index contributed by atoms with van der Waals surface area (Å²) in [6.07, 6.45) is 8.02. The highest BCUT2D eigenvalue weighted by molar-refractivity contribution is 5.75. The van der Waals surface area contributed by atoms with Crippen molar-refractivity contribution >= 4 is 5.91 Å². The number of nitrogens with one attached hydrogen (secondary N) is 1. The van der Waals surface area contributed by atoms with E-state index in [1.165, 1.54) is 25.7 Å². The van der Waals surface area contributed by atoms with E-state index in [0.717, 1.165) is 39.1 Å². The molecule has 2 atom stereocenters. The second-order valence-corrected chi connectivity index (χ2v) is 6.01. The zero-order chi connectivity index (χ0) is 13.5. The average Bonchev–Trinajstić information content (AvgIpc) is 2.47. The van der Waals surface area contributed by atoms with Gasteiger partial charge in [0.05, 0.1) is 6.10 Å². The minimum Gasteiger partial charge on any atom is -0.376 e. The van der Waals surface area contributed by atoms with E-state index in [1.54, 1.807) is 0 Å². The second-order valence-electron chi connectivity index (χ2n) is 6.01. The fourth-order valence-corrected chi connectivity index (χ4v) is 3.05. The van der Waals surface area contributed by atoms with E-state index in [9.17, 15) is 4.79 Å². The fourth-order valence-electron chi connectivity index (χ4n) is 3.05. The van der Waals surface area contributed by atoms with Crippen molar-refractivity contribution in [2.45, 2.75) is 51.0 Å². The van der Waals surface area contributed by atoms with Crippen molar-refractivity contribution in [3.8, 4) is 0 Å². The largest absolute Gasteiger partial charge is 0.376 e. The standard InChI is InChI=1S/C15H28N2O2/c1-17(12-14-6-2-3-10-19-14)15(18)8-7-13-5-4-9-16-11-13/h13-14,16H,2-12H2,1H3. The molecular weight excluding hydrogens is 240 g/mol. The molecule has 2 unspecified atom stereocenters. The predicted molar refractivity (Wildman–Crippen MR) is 76.1 cm³/mol. The van der Waals surface area contributed by atoms with Gasteiger partial charge in [0.2, 0.25) is 5.91 Å². The van der Waals surface area contributed by atoms with Gasteiger partial charge in [-0.15, -0.1) is 0 Å². The van der Waals surface area contributed by atoms with Crippen LogP contribution in [0.25, 0.3) is 0 Å². The van der Waals surface area contributed by atoms with Crippen molar-refractivity contribution in [1.82, 2.24) is 10.2 Å². The number of rotatable bonds is 5. The smallest absolute Gasteiger partial charge is 0.222 e. The third-order valence-corrected chi connectivity index (χ3v) is 4.34. The Bertz CT molecular complexity index is 271. The van der Waals surface area contributed by atoms with E-state index < -0.39 is 0 Å². The molecule has 4 nitrogen and oxygen atoms in total. The monoisotopic (exact) mass is 268 g/mol. The minimum atomic E-state index is 0.263. The Morgan fingerprint density at radius 2 is 2.21 bits per heavy atom. The van der Waals surface area contributed by atoms with Gasteiger partial charge < -0.3 is 15.0 Å². The molecule has 0 aliphatic carbocycles. The summed E-state index contributed by atoms with van der Waals surface area (Å²) in [5, 5.41) is 3.41. The molecule has 1 N–H and O–H groups in total. The molecule has 4 heteroatoms. The molecule has 0 radical (unpaired) electrons. The Hall–Kier alpha value is -0.610. The summed E-state index contributed by atoms with van der Waals surface area (Å²) in [7, 11) is 1.92. The lowest BCUT2D eigenvalue weighted by Crippen LogP contribution is -2.37. The predicted octanol–water partition coefficient (Wildman–Crippen LogP) is 1.79. The van der Waals surface area contributed by atoms with Crippen LogP contribution in [0.1, 0.15) is 44.9 Å². The normalized spacial score (nSPS) is 28.1. The molecule has 19 heavy (non-hydrogen) atoms. The zero-order valence-electron chi connectivity index (χ0n) is 12.2. The summed E-state index contributed by atoms with van der Waals surface area (Å²) in [5.74, 6) is 0.969. The molecule has 2 heterocycles. The highest BCUT2D eigenvalue weighted by Gasteiger charge is 2.20. The molecule has 2 aliphatic rings. The van der Waals surface area contributed by atoms with Gasteiger partial charge >= 0.3 is 0 Å². The Balaban J connectivity index is 1.63. The zero-order valence-corrected chi connectivity index (χ0v) is 12.2. The van der Waals surface area contributed by atoms with E-state index in [2.05, 4.69) is 5.32 Å². The van der Waals surface area contributed by atoms with E-state index in [-0.39, 0.29) is 12.0 Å². The number of carbonyl (C=O) groups excluding carboxylic acids is 1. The van der Waals surface area contributed by atoms with Crippen LogP contribution in [0.5, 0.6) is 0 Å². The number of piperidine rings is 1. The highest BCUT2D eigenvalue weighted by Crippen LogP contribution is 2.17. The molecule has 0 aromatic carbocycles. The van der Waals surface area contributed by atoms with Crippen molar-refractivity contribution in [1.29, 1.82) is 0 Å². The van der Waals surface area contributed by atoms with Gasteiger partial charge in [-0.1, -0.05) is 0 Å². The molecule has 0 spiro atoms. The summed E-state index contributed by atoms with van der Waals surface area (Å²) in [4.78, 5) is 14.0. The first-order chi connectivity index (χ1) is 9.25. The lowest BCUT2D eigenvalue weighted by Gasteiger charge is -2.28. The fraction of sp³-hybridized carbons (Fsp3) is 0.933. The molecule has 1 amide bonds. The van der Waals surface area contributed by atoms with Gasteiger partial charge in [0.1, 0.15) is 0 Å². The summed E-state index contributed by atoms with van der Waals surface area (Å²) in [6.45, 7) is 3.86. The van der Waals surface area contributed by atoms with Crippen molar-refractivity contribution < 1.29 is 9.53 Å². The van der Waals surface area contributed by atoms with Gasteiger partial charge in [0.15, 0.2) is 0 Å². The third kappa shape index (κ3) is 5.11. The maximum Gasteiger partial charge on any atom is 0.222 e. The van der Waals surface area contributed by atoms with Crippen LogP contribution in [0.2, 0.25) is 0 Å². The Labute approximate surface area is 116 Å². The molecule has 0 aromatic heterocycles. The molecule has 0 bridgehead atoms. The first kappa shape index (κ1) is 14.8. The average molecular weight is 268 g/mol. The summed E-state index contributed by atoms with van der Waals surface area (Å²) >= 11 is 0. The van der Waals surface area contributed by atoms with Crippen LogP contribution in [0.4, 0.5) is 0 Å². The van der Waals surface area contributed by atoms with Gasteiger partial charge in [-0.25, -0.2) is 0 Å². The van der Waals surface area contributed by atoms with Crippen LogP contribution < -0.4 is 5.32 Å². The first-order valence-corrected chi connectivity index (χ1v) is 7.82. The molecule has 0 aromatic rings. The molecule has 2 fully saturated rings. The number of amides is 1. The number of nitrogens with zero attached hydrogens (tertiary/aromatic N) is 1. The quantitative estimate of drug-likeness (QED) is 0.826. The van der Waals surface area contributed by atoms with Crippen LogP contribution in [0.3, 0.4) is 0 Å². The van der Waals surface area contributed by atoms with E-state index in [0.29, 0.717) is 12.3 Å². The van der Waals surface area contributed by atoms with Gasteiger partial charge in [0.25, 0.3) is 0 Å². The molecule has 0 saturated carbocycles. The maximum absolute atomic E-state index is 12.1. The van der Waals surface area contributed by atoms with Crippen molar-refractivity contribution in [2.75, 3.05) is 33.3 Å². The first-order valence-electron chi connectivity index (χ1n) is 7.82. The van der Waals surface area contributed by atoms with Crippen molar-refractivity contribution in [3.05, 3.63) is 0 Å². The van der Waals surface area contributed by atoms with Crippen LogP contribution in [0.15, 0.2) is 0 Å². The summed E-state index contributed by atoms with van der Waals surface area (Å²) in [6, 6.07) is 0. The Morgan fingerprint density at radius 3 is 2.89 bits per heavy atom. The van der Waals surface area contributed by atoms with Gasteiger partial charge in [0, 0.05) is 26.6 Å². The van der Waals surface area contributed by atoms with Crippen LogP contribution in [-0.4, -0.2) is 50.2 Å². The third-order valence-electron chi connectivity index (χ3n) is 4.34. The van der Waals surface area contributed by atoms with Gasteiger partial charge in [-0.2, -0.15) is 0 Å². The maximum atomic E-state index is 12.1. The number of hydrogen-bond donors (Lipinski definition) is 1. The number of hydrogen-bond acceptors (Lipinski definition) is 3. The molecule has 2 aliphatic heterocycles. The summed E-state index contributed by atoms with van der Waals surface area (Å²) in [5.41, 5.74) is 0. The highest BCUT2D eigenvalue weighted by atomic mass is 16.5. The number of likely N-dealkylation sites (N-methyl/N-ethyl adjacent to an activating group) is 1. The molecule has 110 valence electrons. The van der Waals surface area contributed by atoms with Gasteiger partial charge in [-0.05, 0) is 57.5 Å². The minimum absolute atomic E-state index is 0.263. The molecule has 2 saturated heterocycles. The van der Waals surface area contributed by atoms with Crippen LogP contribution >= 0.6 is 0 Å². The molecular formula is C15H28N2O2. The Kier molecular flexibility index (Phi) is 6.11. The lowest BCUT2D eigenvalue weighted by atomic mass is 9.94. The van der Waals surface area contributed by atoms with Crippen molar-refractivity contribution in [3.63, 3.8) is 0 Å². The van der Waals surface area contributed by atoms with Crippen LogP contribution in [-0.2, 0) is 9.53 Å². The van der Waals surface area contributed by atoms with Gasteiger partial charge in [-0.3, -0.25) is 4.79 Å². The molecule has 2 rings (SSSR count). The van der Waals surface area contributed by atoms with Crippen LogP contribution in [0, 0.1) is 5.92 Å². The van der Waals surface area contributed by atoms with E-state index >= 15 is 0 Å².